The van der Waals surface area contributed by atoms with E-state index >= 15 is 0 Å². The first-order chi connectivity index (χ1) is 9.08. The van der Waals surface area contributed by atoms with Crippen LogP contribution in [0.25, 0.3) is 0 Å². The number of nitrogens with one attached hydrogen (secondary N) is 1. The fraction of sp³-hybridized carbons (Fsp3) is 0.214. The molecule has 0 fully saturated rings. The van der Waals surface area contributed by atoms with Gasteiger partial charge in [0.05, 0.1) is 11.7 Å². The van der Waals surface area contributed by atoms with E-state index in [1.807, 2.05) is 24.3 Å². The molecule has 1 aromatic heterocycles. The normalized spacial score (nSPS) is 12.1. The van der Waals surface area contributed by atoms with E-state index in [9.17, 15) is 9.90 Å². The van der Waals surface area contributed by atoms with Gasteiger partial charge in [0.2, 0.25) is 5.91 Å². The zero-order valence-electron chi connectivity index (χ0n) is 10.6. The van der Waals surface area contributed by atoms with Gasteiger partial charge >= 0.3 is 0 Å². The van der Waals surface area contributed by atoms with Crippen molar-refractivity contribution in [3.8, 4) is 0 Å². The van der Waals surface area contributed by atoms with E-state index in [-0.39, 0.29) is 0 Å². The minimum absolute atomic E-state index is 0.410. The average molecular weight is 276 g/mol. The molecular formula is C14H16N2O2S. The molecule has 2 aromatic rings. The molecule has 5 heteroatoms. The van der Waals surface area contributed by atoms with Crippen LogP contribution in [0.3, 0.4) is 0 Å². The first-order valence-corrected chi connectivity index (χ1v) is 6.84. The Bertz CT molecular complexity index is 578. The van der Waals surface area contributed by atoms with Crippen LogP contribution in [0.2, 0.25) is 0 Å². The lowest BCUT2D eigenvalue weighted by molar-refractivity contribution is 0.100. The summed E-state index contributed by atoms with van der Waals surface area (Å²) < 4.78 is 0. The molecule has 4 nitrogen and oxygen atoms in total. The number of hydrogen-bond donors (Lipinski definition) is 3. The Labute approximate surface area is 115 Å². The van der Waals surface area contributed by atoms with Crippen LogP contribution in [0.5, 0.6) is 0 Å². The zero-order valence-corrected chi connectivity index (χ0v) is 11.4. The minimum atomic E-state index is -0.520. The highest BCUT2D eigenvalue weighted by atomic mass is 32.1. The predicted octanol–water partition coefficient (Wildman–Crippen LogP) is 2.51. The Kier molecular flexibility index (Phi) is 4.19. The number of thiophene rings is 1. The monoisotopic (exact) mass is 276 g/mol. The molecule has 1 atom stereocenters. The summed E-state index contributed by atoms with van der Waals surface area (Å²) in [5.74, 6) is -0.410. The number of aliphatic hydroxyl groups excluding tert-OH is 1. The largest absolute Gasteiger partial charge is 0.389 e. The topological polar surface area (TPSA) is 75.3 Å². The van der Waals surface area contributed by atoms with Crippen LogP contribution in [0.15, 0.2) is 35.7 Å². The number of nitrogens with two attached hydrogens (primary N) is 1. The van der Waals surface area contributed by atoms with Crippen LogP contribution < -0.4 is 11.1 Å². The van der Waals surface area contributed by atoms with Gasteiger partial charge in [-0.2, -0.15) is 0 Å². The number of carbonyl (C=O) groups is 1. The van der Waals surface area contributed by atoms with Crippen molar-refractivity contribution < 1.29 is 9.90 Å². The molecular weight excluding hydrogens is 260 g/mol. The molecule has 1 unspecified atom stereocenters. The quantitative estimate of drug-likeness (QED) is 0.785. The summed E-state index contributed by atoms with van der Waals surface area (Å²) in [5.41, 5.74) is 7.50. The van der Waals surface area contributed by atoms with Gasteiger partial charge in [-0.05, 0) is 19.1 Å². The van der Waals surface area contributed by atoms with Crippen LogP contribution in [-0.2, 0) is 6.54 Å². The molecule has 1 aromatic carbocycles. The average Bonchev–Trinajstić information content (AvgIpc) is 2.85. The highest BCUT2D eigenvalue weighted by Gasteiger charge is 2.08. The molecule has 2 rings (SSSR count). The summed E-state index contributed by atoms with van der Waals surface area (Å²) >= 11 is 1.49. The Morgan fingerprint density at radius 2 is 2.21 bits per heavy atom. The molecule has 0 aliphatic rings. The van der Waals surface area contributed by atoms with E-state index in [0.29, 0.717) is 12.1 Å². The number of primary amides is 1. The molecule has 1 heterocycles. The number of aliphatic hydroxyl groups is 1. The lowest BCUT2D eigenvalue weighted by Crippen LogP contribution is -2.09. The number of anilines is 1. The maximum Gasteiger partial charge on any atom is 0.249 e. The molecule has 0 aliphatic heterocycles. The van der Waals surface area contributed by atoms with Gasteiger partial charge in [-0.1, -0.05) is 18.2 Å². The number of benzene rings is 1. The van der Waals surface area contributed by atoms with Gasteiger partial charge in [0.1, 0.15) is 0 Å². The molecule has 0 saturated heterocycles. The number of carbonyl (C=O) groups excluding carboxylic acids is 1. The van der Waals surface area contributed by atoms with Gasteiger partial charge in [0, 0.05) is 28.1 Å². The fourth-order valence-electron chi connectivity index (χ4n) is 1.81. The van der Waals surface area contributed by atoms with Gasteiger partial charge in [-0.25, -0.2) is 0 Å². The van der Waals surface area contributed by atoms with Crippen molar-refractivity contribution in [3.05, 3.63) is 51.7 Å². The first kappa shape index (κ1) is 13.6. The molecule has 0 spiro atoms. The summed E-state index contributed by atoms with van der Waals surface area (Å²) in [6.45, 7) is 2.33. The van der Waals surface area contributed by atoms with E-state index in [0.717, 1.165) is 16.1 Å². The second-order valence-electron chi connectivity index (χ2n) is 4.28. The number of rotatable bonds is 5. The van der Waals surface area contributed by atoms with Crippen LogP contribution >= 0.6 is 11.3 Å². The fourth-order valence-corrected chi connectivity index (χ4v) is 2.62. The van der Waals surface area contributed by atoms with Gasteiger partial charge < -0.3 is 16.2 Å². The third-order valence-electron chi connectivity index (χ3n) is 2.80. The van der Waals surface area contributed by atoms with Gasteiger partial charge in [0.25, 0.3) is 0 Å². The summed E-state index contributed by atoms with van der Waals surface area (Å²) in [5, 5.41) is 14.7. The van der Waals surface area contributed by atoms with Gasteiger partial charge in [-0.3, -0.25) is 4.79 Å². The zero-order chi connectivity index (χ0) is 13.8. The van der Waals surface area contributed by atoms with Crippen molar-refractivity contribution in [1.82, 2.24) is 0 Å². The third-order valence-corrected chi connectivity index (χ3v) is 3.74. The van der Waals surface area contributed by atoms with Crippen molar-refractivity contribution in [3.63, 3.8) is 0 Å². The Morgan fingerprint density at radius 1 is 1.47 bits per heavy atom. The number of para-hydroxylation sites is 1. The number of amides is 1. The molecule has 1 amide bonds. The molecule has 0 aliphatic carbocycles. The molecule has 0 radical (unpaired) electrons. The van der Waals surface area contributed by atoms with E-state index in [1.165, 1.54) is 11.3 Å². The highest BCUT2D eigenvalue weighted by Crippen LogP contribution is 2.23. The van der Waals surface area contributed by atoms with Crippen molar-refractivity contribution in [2.45, 2.75) is 19.6 Å². The van der Waals surface area contributed by atoms with Crippen molar-refractivity contribution in [1.29, 1.82) is 0 Å². The second kappa shape index (κ2) is 5.86. The van der Waals surface area contributed by atoms with Crippen molar-refractivity contribution in [2.24, 2.45) is 5.73 Å². The maximum absolute atomic E-state index is 11.0. The third kappa shape index (κ3) is 3.33. The van der Waals surface area contributed by atoms with E-state index in [2.05, 4.69) is 5.32 Å². The van der Waals surface area contributed by atoms with E-state index in [1.54, 1.807) is 18.4 Å². The van der Waals surface area contributed by atoms with Crippen LogP contribution in [0.1, 0.15) is 33.8 Å². The van der Waals surface area contributed by atoms with Crippen molar-refractivity contribution in [2.75, 3.05) is 5.32 Å². The maximum atomic E-state index is 11.0. The van der Waals surface area contributed by atoms with Crippen LogP contribution in [0, 0.1) is 0 Å². The lowest BCUT2D eigenvalue weighted by Gasteiger charge is -2.13. The molecule has 4 N–H and O–H groups in total. The number of hydrogen-bond acceptors (Lipinski definition) is 4. The minimum Gasteiger partial charge on any atom is -0.389 e. The smallest absolute Gasteiger partial charge is 0.249 e. The first-order valence-electron chi connectivity index (χ1n) is 5.96. The standard InChI is InChI=1S/C14H16N2O2S/c1-9(17)12-4-2-3-5-13(12)16-7-11-6-10(8-19-11)14(15)18/h2-6,8-9,16-17H,7H2,1H3,(H2,15,18). The summed E-state index contributed by atoms with van der Waals surface area (Å²) in [6.07, 6.45) is -0.520. The Balaban J connectivity index is 2.08. The van der Waals surface area contributed by atoms with Crippen LogP contribution in [0.4, 0.5) is 5.69 Å². The molecule has 19 heavy (non-hydrogen) atoms. The van der Waals surface area contributed by atoms with E-state index < -0.39 is 12.0 Å². The summed E-state index contributed by atoms with van der Waals surface area (Å²) in [6, 6.07) is 9.40. The Morgan fingerprint density at radius 3 is 2.84 bits per heavy atom. The van der Waals surface area contributed by atoms with Gasteiger partial charge in [0.15, 0.2) is 0 Å². The molecule has 0 saturated carbocycles. The summed E-state index contributed by atoms with van der Waals surface area (Å²) in [4.78, 5) is 12.0. The van der Waals surface area contributed by atoms with Crippen molar-refractivity contribution >= 4 is 22.9 Å². The van der Waals surface area contributed by atoms with E-state index in [4.69, 9.17) is 5.73 Å². The predicted molar refractivity (Wildman–Crippen MR) is 77.2 cm³/mol. The highest BCUT2D eigenvalue weighted by molar-refractivity contribution is 7.10. The second-order valence-corrected chi connectivity index (χ2v) is 5.28. The summed E-state index contributed by atoms with van der Waals surface area (Å²) in [7, 11) is 0. The lowest BCUT2D eigenvalue weighted by atomic mass is 10.1. The Hall–Kier alpha value is -1.85. The van der Waals surface area contributed by atoms with Gasteiger partial charge in [-0.15, -0.1) is 11.3 Å². The SMILES string of the molecule is CC(O)c1ccccc1NCc1cc(C(N)=O)cs1. The molecule has 0 bridgehead atoms. The van der Waals surface area contributed by atoms with Crippen LogP contribution in [-0.4, -0.2) is 11.0 Å². The molecule has 100 valence electrons.